The standard InChI is InChI=1S/C33H46BrN5O3Si/c1-20(2)43(21(3)4,22(5)6)18-16-26-25(29-30(34)37-28-19-23(7)15-17-39(28)29)13-14-27(35-26)36-31(40)24(8)38(12)32(41)42-33(9,10)11/h13-15,17,19-22,24H,1-12H3,(H,35,36,40)/p+1. The smallest absolute Gasteiger partial charge is 0.410 e. The van der Waals surface area contributed by atoms with E-state index in [2.05, 4.69) is 103 Å². The molecule has 0 saturated carbocycles. The highest BCUT2D eigenvalue weighted by molar-refractivity contribution is 9.10. The van der Waals surface area contributed by atoms with Crippen molar-refractivity contribution in [2.75, 3.05) is 12.4 Å². The van der Waals surface area contributed by atoms with Gasteiger partial charge < -0.3 is 10.1 Å². The Bertz CT molecular complexity index is 1540. The zero-order valence-corrected chi connectivity index (χ0v) is 30.2. The van der Waals surface area contributed by atoms with E-state index in [0.29, 0.717) is 28.1 Å². The molecule has 10 heteroatoms. The Labute approximate surface area is 266 Å². The molecule has 3 heterocycles. The number of nitrogens with one attached hydrogen (secondary N) is 2. The van der Waals surface area contributed by atoms with E-state index in [1.807, 2.05) is 12.3 Å². The molecule has 232 valence electrons. The molecule has 0 aliphatic rings. The third kappa shape index (κ3) is 7.50. The van der Waals surface area contributed by atoms with Crippen LogP contribution in [0, 0.1) is 18.4 Å². The van der Waals surface area contributed by atoms with Crippen molar-refractivity contribution in [2.45, 2.75) is 104 Å². The molecule has 8 nitrogen and oxygen atoms in total. The minimum atomic E-state index is -2.08. The number of hydrogen-bond acceptors (Lipinski definition) is 4. The van der Waals surface area contributed by atoms with E-state index in [0.717, 1.165) is 27.1 Å². The maximum atomic E-state index is 13.2. The van der Waals surface area contributed by atoms with E-state index >= 15 is 0 Å². The third-order valence-corrected chi connectivity index (χ3v) is 15.0. The van der Waals surface area contributed by atoms with Crippen LogP contribution >= 0.6 is 15.9 Å². The van der Waals surface area contributed by atoms with E-state index in [4.69, 9.17) is 9.72 Å². The summed E-state index contributed by atoms with van der Waals surface area (Å²) in [5.41, 5.74) is 8.89. The number of imidazole rings is 1. The fourth-order valence-corrected chi connectivity index (χ4v) is 11.5. The summed E-state index contributed by atoms with van der Waals surface area (Å²) in [4.78, 5) is 35.4. The molecule has 3 rings (SSSR count). The molecular weight excluding hydrogens is 622 g/mol. The van der Waals surface area contributed by atoms with Gasteiger partial charge in [-0.05, 0) is 75.0 Å². The van der Waals surface area contributed by atoms with Crippen LogP contribution in [-0.4, -0.2) is 53.6 Å². The average Bonchev–Trinajstić information content (AvgIpc) is 3.21. The van der Waals surface area contributed by atoms with Gasteiger partial charge in [0.25, 0.3) is 5.65 Å². The summed E-state index contributed by atoms with van der Waals surface area (Å²) >= 11 is 3.73. The van der Waals surface area contributed by atoms with Crippen molar-refractivity contribution in [1.29, 1.82) is 0 Å². The molecule has 1 unspecified atom stereocenters. The number of pyridine rings is 2. The first-order valence-electron chi connectivity index (χ1n) is 14.9. The van der Waals surface area contributed by atoms with Gasteiger partial charge in [-0.3, -0.25) is 9.69 Å². The van der Waals surface area contributed by atoms with E-state index in [-0.39, 0.29) is 5.91 Å². The molecule has 0 bridgehead atoms. The topological polar surface area (TPSA) is 91.4 Å². The number of anilines is 1. The molecular formula is C33H47BrN5O3Si+. The van der Waals surface area contributed by atoms with Crippen LogP contribution in [0.5, 0.6) is 0 Å². The number of amides is 2. The maximum absolute atomic E-state index is 13.2. The molecule has 1 atom stereocenters. The predicted octanol–water partition coefficient (Wildman–Crippen LogP) is 7.65. The third-order valence-electron chi connectivity index (χ3n) is 8.10. The van der Waals surface area contributed by atoms with Crippen LogP contribution in [0.1, 0.15) is 80.5 Å². The number of ether oxygens (including phenoxy) is 1. The number of hydrogen-bond donors (Lipinski definition) is 2. The molecule has 0 aliphatic heterocycles. The van der Waals surface area contributed by atoms with Gasteiger partial charge in [0, 0.05) is 29.0 Å². The number of halogens is 1. The molecule has 2 amide bonds. The Kier molecular flexibility index (Phi) is 10.6. The highest BCUT2D eigenvalue weighted by atomic mass is 79.9. The highest BCUT2D eigenvalue weighted by Crippen LogP contribution is 2.41. The van der Waals surface area contributed by atoms with Gasteiger partial charge in [-0.1, -0.05) is 47.5 Å². The number of carbonyl (C=O) groups is 2. The summed E-state index contributed by atoms with van der Waals surface area (Å²) < 4.78 is 8.33. The van der Waals surface area contributed by atoms with Gasteiger partial charge >= 0.3 is 6.09 Å². The number of fused-ring (bicyclic) bond motifs is 1. The number of H-pyrrole nitrogens is 1. The first kappa shape index (κ1) is 34.3. The number of likely N-dealkylation sites (N-methyl/N-ethyl adjacent to an activating group) is 1. The van der Waals surface area contributed by atoms with Gasteiger partial charge in [-0.25, -0.2) is 14.8 Å². The second-order valence-electron chi connectivity index (χ2n) is 13.2. The van der Waals surface area contributed by atoms with Gasteiger partial charge in [0.2, 0.25) is 10.5 Å². The van der Waals surface area contributed by atoms with Crippen molar-refractivity contribution in [3.63, 3.8) is 0 Å². The lowest BCUT2D eigenvalue weighted by Crippen LogP contribution is -2.45. The molecule has 3 aromatic rings. The number of nitrogens with zero attached hydrogens (tertiary/aromatic N) is 3. The number of aryl methyl sites for hydroxylation is 1. The van der Waals surface area contributed by atoms with E-state index < -0.39 is 25.8 Å². The lowest BCUT2D eigenvalue weighted by atomic mass is 10.1. The van der Waals surface area contributed by atoms with Gasteiger partial charge in [-0.15, -0.1) is 5.54 Å². The van der Waals surface area contributed by atoms with E-state index in [1.165, 1.54) is 4.90 Å². The van der Waals surface area contributed by atoms with Crippen LogP contribution < -0.4 is 9.72 Å². The molecule has 0 radical (unpaired) electrons. The summed E-state index contributed by atoms with van der Waals surface area (Å²) in [6, 6.07) is 7.07. The minimum Gasteiger partial charge on any atom is -0.444 e. The van der Waals surface area contributed by atoms with Crippen molar-refractivity contribution in [3.8, 4) is 22.7 Å². The molecule has 0 spiro atoms. The zero-order chi connectivity index (χ0) is 32.4. The maximum Gasteiger partial charge on any atom is 0.410 e. The van der Waals surface area contributed by atoms with Crippen molar-refractivity contribution < 1.29 is 18.7 Å². The van der Waals surface area contributed by atoms with Crippen molar-refractivity contribution in [2.24, 2.45) is 0 Å². The van der Waals surface area contributed by atoms with Crippen molar-refractivity contribution in [1.82, 2.24) is 14.9 Å². The second kappa shape index (κ2) is 13.2. The molecule has 2 N–H and O–H groups in total. The molecule has 0 fully saturated rings. The molecule has 43 heavy (non-hydrogen) atoms. The zero-order valence-electron chi connectivity index (χ0n) is 27.6. The van der Waals surface area contributed by atoms with E-state index in [9.17, 15) is 9.59 Å². The first-order chi connectivity index (χ1) is 19.9. The predicted molar refractivity (Wildman–Crippen MR) is 180 cm³/mol. The van der Waals surface area contributed by atoms with Crippen molar-refractivity contribution >= 4 is 47.5 Å². The SMILES string of the molecule is Cc1cc[n+]2c(-c3ccc(NC(=O)C(C)N(C)C(=O)OC(C)(C)C)nc3C#C[Si](C(C)C)(C(C)C)C(C)C)c(Br)[nH]c2c1. The summed E-state index contributed by atoms with van der Waals surface area (Å²) in [5.74, 6) is 3.51. The lowest BCUT2D eigenvalue weighted by Gasteiger charge is -2.38. The Morgan fingerprint density at radius 2 is 1.67 bits per heavy atom. The molecule has 0 aromatic carbocycles. The van der Waals surface area contributed by atoms with Gasteiger partial charge in [-0.2, -0.15) is 4.40 Å². The van der Waals surface area contributed by atoms with Crippen molar-refractivity contribution in [3.05, 3.63) is 46.3 Å². The van der Waals surface area contributed by atoms with Gasteiger partial charge in [0.15, 0.2) is 5.69 Å². The summed E-state index contributed by atoms with van der Waals surface area (Å²) in [6.45, 7) is 22.8. The fraction of sp³-hybridized carbons (Fsp3) is 0.515. The van der Waals surface area contributed by atoms with Crippen LogP contribution in [-0.2, 0) is 9.53 Å². The number of aromatic amines is 1. The summed E-state index contributed by atoms with van der Waals surface area (Å²) in [5, 5.41) is 2.90. The summed E-state index contributed by atoms with van der Waals surface area (Å²) in [7, 11) is -0.532. The quantitative estimate of drug-likeness (QED) is 0.154. The fourth-order valence-electron chi connectivity index (χ4n) is 5.74. The van der Waals surface area contributed by atoms with Crippen LogP contribution in [0.2, 0.25) is 16.6 Å². The lowest BCUT2D eigenvalue weighted by molar-refractivity contribution is -0.498. The number of rotatable bonds is 7. The summed E-state index contributed by atoms with van der Waals surface area (Å²) in [6.07, 6.45) is 1.45. The second-order valence-corrected chi connectivity index (χ2v) is 19.6. The normalized spacial score (nSPS) is 12.8. The van der Waals surface area contributed by atoms with Crippen LogP contribution in [0.15, 0.2) is 35.1 Å². The number of aromatic nitrogens is 3. The Morgan fingerprint density at radius 1 is 1.07 bits per heavy atom. The minimum absolute atomic E-state index is 0.366. The van der Waals surface area contributed by atoms with Gasteiger partial charge in [0.05, 0.1) is 11.8 Å². The van der Waals surface area contributed by atoms with Crippen LogP contribution in [0.4, 0.5) is 10.6 Å². The molecule has 3 aromatic heterocycles. The average molecular weight is 670 g/mol. The Balaban J connectivity index is 2.13. The Hall–Kier alpha value is -3.16. The van der Waals surface area contributed by atoms with Crippen LogP contribution in [0.3, 0.4) is 0 Å². The van der Waals surface area contributed by atoms with E-state index in [1.54, 1.807) is 40.8 Å². The number of carbonyl (C=O) groups excluding carboxylic acids is 2. The highest BCUT2D eigenvalue weighted by Gasteiger charge is 2.42. The van der Waals surface area contributed by atoms with Crippen LogP contribution in [0.25, 0.3) is 16.9 Å². The largest absolute Gasteiger partial charge is 0.444 e. The molecule has 0 aliphatic carbocycles. The monoisotopic (exact) mass is 668 g/mol. The Morgan fingerprint density at radius 3 is 2.23 bits per heavy atom. The molecule has 0 saturated heterocycles. The first-order valence-corrected chi connectivity index (χ1v) is 17.9. The van der Waals surface area contributed by atoms with Gasteiger partial charge in [0.1, 0.15) is 31.2 Å².